The van der Waals surface area contributed by atoms with E-state index in [4.69, 9.17) is 0 Å². The first-order valence-corrected chi connectivity index (χ1v) is 14.0. The van der Waals surface area contributed by atoms with Gasteiger partial charge in [-0.1, -0.05) is 79.8 Å². The molecule has 0 bridgehead atoms. The van der Waals surface area contributed by atoms with E-state index in [0.717, 1.165) is 52.5 Å². The van der Waals surface area contributed by atoms with Gasteiger partial charge in [-0.2, -0.15) is 0 Å². The molecule has 0 nitrogen and oxygen atoms in total. The standard InChI is InChI=1S/C23H44Si/c1-8-24(9-2,23-18(6)16(4)17(5)19(23)7)22-14-15(3)20-12-10-11-13-21(20)22/h15-23H,8-14H2,1-7H3. The minimum Gasteiger partial charge on any atom is -0.0678 e. The third-order valence-electron chi connectivity index (χ3n) is 10.1. The molecule has 140 valence electrons. The van der Waals surface area contributed by atoms with E-state index in [1.807, 2.05) is 0 Å². The van der Waals surface area contributed by atoms with Crippen LogP contribution < -0.4 is 0 Å². The Labute approximate surface area is 153 Å². The zero-order valence-electron chi connectivity index (χ0n) is 17.6. The first-order valence-electron chi connectivity index (χ1n) is 11.4. The Bertz CT molecular complexity index is 412. The zero-order chi connectivity index (χ0) is 17.6. The Hall–Kier alpha value is 0.217. The summed E-state index contributed by atoms with van der Waals surface area (Å²) in [7, 11) is -1.24. The van der Waals surface area contributed by atoms with Crippen molar-refractivity contribution in [3.63, 3.8) is 0 Å². The molecule has 0 spiro atoms. The van der Waals surface area contributed by atoms with Crippen molar-refractivity contribution in [2.24, 2.45) is 41.4 Å². The second-order valence-electron chi connectivity index (χ2n) is 10.3. The fraction of sp³-hybridized carbons (Fsp3) is 1.00. The van der Waals surface area contributed by atoms with Crippen molar-refractivity contribution in [3.8, 4) is 0 Å². The lowest BCUT2D eigenvalue weighted by molar-refractivity contribution is 0.235. The Morgan fingerprint density at radius 1 is 0.708 bits per heavy atom. The summed E-state index contributed by atoms with van der Waals surface area (Å²) in [4.78, 5) is 0. The van der Waals surface area contributed by atoms with Crippen LogP contribution in [0.3, 0.4) is 0 Å². The van der Waals surface area contributed by atoms with Crippen molar-refractivity contribution in [1.82, 2.24) is 0 Å². The molecular formula is C23H44Si. The first kappa shape index (κ1) is 19.0. The molecule has 3 aliphatic rings. The van der Waals surface area contributed by atoms with Crippen LogP contribution in [0, 0.1) is 41.4 Å². The van der Waals surface area contributed by atoms with E-state index in [1.54, 1.807) is 31.4 Å². The van der Waals surface area contributed by atoms with Gasteiger partial charge in [0.2, 0.25) is 0 Å². The van der Waals surface area contributed by atoms with Crippen molar-refractivity contribution in [2.45, 2.75) is 104 Å². The molecule has 24 heavy (non-hydrogen) atoms. The quantitative estimate of drug-likeness (QED) is 0.458. The fourth-order valence-electron chi connectivity index (χ4n) is 8.44. The maximum Gasteiger partial charge on any atom is 0.0601 e. The molecule has 0 N–H and O–H groups in total. The van der Waals surface area contributed by atoms with Gasteiger partial charge in [-0.25, -0.2) is 0 Å². The Morgan fingerprint density at radius 3 is 1.71 bits per heavy atom. The van der Waals surface area contributed by atoms with Crippen molar-refractivity contribution in [2.75, 3.05) is 0 Å². The van der Waals surface area contributed by atoms with Crippen LogP contribution in [0.4, 0.5) is 0 Å². The highest BCUT2D eigenvalue weighted by molar-refractivity contribution is 6.82. The van der Waals surface area contributed by atoms with Crippen LogP contribution in [0.25, 0.3) is 0 Å². The molecule has 8 unspecified atom stereocenters. The van der Waals surface area contributed by atoms with Gasteiger partial charge in [0.15, 0.2) is 0 Å². The van der Waals surface area contributed by atoms with Crippen LogP contribution in [0.1, 0.15) is 80.6 Å². The van der Waals surface area contributed by atoms with E-state index in [9.17, 15) is 0 Å². The molecule has 1 heteroatoms. The summed E-state index contributed by atoms with van der Waals surface area (Å²) in [6, 6.07) is 3.12. The molecule has 0 amide bonds. The second kappa shape index (κ2) is 7.09. The maximum absolute atomic E-state index is 2.64. The summed E-state index contributed by atoms with van der Waals surface area (Å²) >= 11 is 0. The van der Waals surface area contributed by atoms with Crippen LogP contribution in [0.2, 0.25) is 23.2 Å². The molecule has 3 rings (SSSR count). The van der Waals surface area contributed by atoms with Gasteiger partial charge in [0, 0.05) is 0 Å². The minimum absolute atomic E-state index is 0.941. The third kappa shape index (κ3) is 2.67. The van der Waals surface area contributed by atoms with Gasteiger partial charge < -0.3 is 0 Å². The van der Waals surface area contributed by atoms with E-state index in [1.165, 1.54) is 12.8 Å². The number of hydrogen-bond acceptors (Lipinski definition) is 0. The van der Waals surface area contributed by atoms with Gasteiger partial charge in [0.25, 0.3) is 0 Å². The van der Waals surface area contributed by atoms with Gasteiger partial charge in [0.1, 0.15) is 0 Å². The third-order valence-corrected chi connectivity index (χ3v) is 17.2. The number of rotatable bonds is 4. The molecule has 0 saturated heterocycles. The molecule has 0 radical (unpaired) electrons. The molecule has 0 heterocycles. The van der Waals surface area contributed by atoms with E-state index in [0.29, 0.717) is 0 Å². The summed E-state index contributed by atoms with van der Waals surface area (Å²) in [6.07, 6.45) is 7.79. The van der Waals surface area contributed by atoms with Crippen LogP contribution >= 0.6 is 0 Å². The van der Waals surface area contributed by atoms with Gasteiger partial charge in [-0.05, 0) is 65.3 Å². The Morgan fingerprint density at radius 2 is 1.21 bits per heavy atom. The monoisotopic (exact) mass is 348 g/mol. The van der Waals surface area contributed by atoms with Crippen LogP contribution in [-0.2, 0) is 0 Å². The highest BCUT2D eigenvalue weighted by Crippen LogP contribution is 2.65. The lowest BCUT2D eigenvalue weighted by Gasteiger charge is -2.49. The van der Waals surface area contributed by atoms with Gasteiger partial charge in [-0.15, -0.1) is 0 Å². The fourth-order valence-corrected chi connectivity index (χ4v) is 16.2. The van der Waals surface area contributed by atoms with E-state index in [-0.39, 0.29) is 0 Å². The van der Waals surface area contributed by atoms with Crippen LogP contribution in [0.5, 0.6) is 0 Å². The van der Waals surface area contributed by atoms with E-state index < -0.39 is 8.07 Å². The predicted molar refractivity (Wildman–Crippen MR) is 110 cm³/mol. The SMILES string of the molecule is CC[Si](CC)(C1CC(C)C2CCCCC21)C1C(C)C(C)C(C)C1C. The topological polar surface area (TPSA) is 0 Å². The lowest BCUT2D eigenvalue weighted by Crippen LogP contribution is -2.48. The van der Waals surface area contributed by atoms with Crippen LogP contribution in [-0.4, -0.2) is 8.07 Å². The Kier molecular flexibility index (Phi) is 5.61. The summed E-state index contributed by atoms with van der Waals surface area (Å²) in [5.41, 5.74) is 2.25. The first-order chi connectivity index (χ1) is 11.4. The second-order valence-corrected chi connectivity index (χ2v) is 15.6. The molecule has 3 saturated carbocycles. The molecule has 0 aromatic carbocycles. The zero-order valence-corrected chi connectivity index (χ0v) is 18.6. The van der Waals surface area contributed by atoms with Crippen molar-refractivity contribution < 1.29 is 0 Å². The van der Waals surface area contributed by atoms with Gasteiger partial charge in [0.05, 0.1) is 8.07 Å². The Balaban J connectivity index is 1.96. The molecule has 0 aliphatic heterocycles. The minimum atomic E-state index is -1.24. The van der Waals surface area contributed by atoms with Crippen molar-refractivity contribution in [1.29, 1.82) is 0 Å². The summed E-state index contributed by atoms with van der Waals surface area (Å²) in [6.45, 7) is 18.2. The highest BCUT2D eigenvalue weighted by atomic mass is 28.3. The number of fused-ring (bicyclic) bond motifs is 1. The number of hydrogen-bond donors (Lipinski definition) is 0. The molecule has 8 atom stereocenters. The average molecular weight is 349 g/mol. The normalized spacial score (nSPS) is 49.4. The van der Waals surface area contributed by atoms with Crippen molar-refractivity contribution >= 4 is 8.07 Å². The predicted octanol–water partition coefficient (Wildman–Crippen LogP) is 7.62. The molecule has 3 aliphatic carbocycles. The van der Waals surface area contributed by atoms with Crippen molar-refractivity contribution in [3.05, 3.63) is 0 Å². The smallest absolute Gasteiger partial charge is 0.0601 e. The molecule has 3 fully saturated rings. The van der Waals surface area contributed by atoms with E-state index in [2.05, 4.69) is 48.5 Å². The largest absolute Gasteiger partial charge is 0.0678 e. The highest BCUT2D eigenvalue weighted by Gasteiger charge is 2.59. The lowest BCUT2D eigenvalue weighted by atomic mass is 9.78. The summed E-state index contributed by atoms with van der Waals surface area (Å²) in [5.74, 6) is 7.06. The van der Waals surface area contributed by atoms with Crippen LogP contribution in [0.15, 0.2) is 0 Å². The summed E-state index contributed by atoms with van der Waals surface area (Å²) < 4.78 is 0. The van der Waals surface area contributed by atoms with E-state index >= 15 is 0 Å². The molecule has 0 aromatic heterocycles. The average Bonchev–Trinajstić information content (AvgIpc) is 3.03. The van der Waals surface area contributed by atoms with Gasteiger partial charge >= 0.3 is 0 Å². The van der Waals surface area contributed by atoms with Gasteiger partial charge in [-0.3, -0.25) is 0 Å². The summed E-state index contributed by atoms with van der Waals surface area (Å²) in [5, 5.41) is 0. The molecular weight excluding hydrogens is 304 g/mol. The maximum atomic E-state index is 2.64. The molecule has 0 aromatic rings.